The summed E-state index contributed by atoms with van der Waals surface area (Å²) in [5.41, 5.74) is -0.108. The van der Waals surface area contributed by atoms with Crippen molar-refractivity contribution in [2.45, 2.75) is 96.1 Å². The van der Waals surface area contributed by atoms with Crippen molar-refractivity contribution in [3.05, 3.63) is 35.1 Å². The second-order valence-electron chi connectivity index (χ2n) is 12.6. The number of carbonyl (C=O) groups is 3. The van der Waals surface area contributed by atoms with Gasteiger partial charge in [0.1, 0.15) is 5.82 Å². The van der Waals surface area contributed by atoms with E-state index >= 15 is 4.39 Å². The van der Waals surface area contributed by atoms with E-state index in [0.29, 0.717) is 25.3 Å². The highest BCUT2D eigenvalue weighted by Gasteiger charge is 2.64. The highest BCUT2D eigenvalue weighted by molar-refractivity contribution is 5.98. The molecule has 3 saturated heterocycles. The van der Waals surface area contributed by atoms with Crippen molar-refractivity contribution in [1.82, 2.24) is 10.2 Å². The topological polar surface area (TPSA) is 75.7 Å². The molecule has 7 heteroatoms. The van der Waals surface area contributed by atoms with Gasteiger partial charge in [-0.15, -0.1) is 0 Å². The SMILES string of the molecule is CC(C)C(=O)C(NC(=O)c1cccc(C2CCCN(C(=O)C34COC(C)(C3)C4)C2)c1F)C1CCCCC1. The molecule has 0 aromatic heterocycles. The molecule has 2 amide bonds. The summed E-state index contributed by atoms with van der Waals surface area (Å²) in [7, 11) is 0. The lowest BCUT2D eigenvalue weighted by molar-refractivity contribution is -0.147. The molecule has 1 aromatic rings. The molecule has 2 bridgehead atoms. The van der Waals surface area contributed by atoms with Gasteiger partial charge in [-0.2, -0.15) is 0 Å². The van der Waals surface area contributed by atoms with Gasteiger partial charge in [0.15, 0.2) is 5.78 Å². The number of carbonyl (C=O) groups excluding carboxylic acids is 3. The molecule has 0 spiro atoms. The smallest absolute Gasteiger partial charge is 0.254 e. The maximum absolute atomic E-state index is 15.9. The molecule has 2 aliphatic carbocycles. The summed E-state index contributed by atoms with van der Waals surface area (Å²) in [4.78, 5) is 41.6. The van der Waals surface area contributed by atoms with E-state index in [1.165, 1.54) is 6.07 Å². The Morgan fingerprint density at radius 1 is 1.08 bits per heavy atom. The third-order valence-corrected chi connectivity index (χ3v) is 9.28. The molecule has 5 aliphatic rings. The number of hydrogen-bond donors (Lipinski definition) is 1. The number of rotatable bonds is 7. The normalized spacial score (nSPS) is 30.6. The molecule has 2 unspecified atom stereocenters. The number of hydrogen-bond acceptors (Lipinski definition) is 4. The van der Waals surface area contributed by atoms with E-state index in [9.17, 15) is 14.4 Å². The zero-order valence-corrected chi connectivity index (χ0v) is 22.5. The molecule has 2 saturated carbocycles. The third kappa shape index (κ3) is 4.96. The van der Waals surface area contributed by atoms with E-state index in [1.54, 1.807) is 12.1 Å². The molecule has 202 valence electrons. The van der Waals surface area contributed by atoms with Crippen molar-refractivity contribution < 1.29 is 23.5 Å². The van der Waals surface area contributed by atoms with Crippen LogP contribution >= 0.6 is 0 Å². The Balaban J connectivity index is 1.31. The Kier molecular flexibility index (Phi) is 7.20. The summed E-state index contributed by atoms with van der Waals surface area (Å²) < 4.78 is 21.7. The number of piperidine rings is 1. The molecule has 0 radical (unpaired) electrons. The van der Waals surface area contributed by atoms with Gasteiger partial charge < -0.3 is 15.0 Å². The number of nitrogens with zero attached hydrogens (tertiary/aromatic N) is 1. The summed E-state index contributed by atoms with van der Waals surface area (Å²) in [5.74, 6) is -1.18. The van der Waals surface area contributed by atoms with Crippen LogP contribution in [0.4, 0.5) is 4.39 Å². The van der Waals surface area contributed by atoms with Crippen LogP contribution in [0.2, 0.25) is 0 Å². The van der Waals surface area contributed by atoms with Gasteiger partial charge in [0.2, 0.25) is 5.91 Å². The first-order chi connectivity index (χ1) is 17.6. The molecule has 1 N–H and O–H groups in total. The number of ketones is 1. The number of nitrogens with one attached hydrogen (secondary N) is 1. The van der Waals surface area contributed by atoms with Gasteiger partial charge in [0.05, 0.1) is 29.2 Å². The second-order valence-corrected chi connectivity index (χ2v) is 12.6. The van der Waals surface area contributed by atoms with E-state index in [-0.39, 0.29) is 40.6 Å². The van der Waals surface area contributed by atoms with Crippen molar-refractivity contribution in [1.29, 1.82) is 0 Å². The van der Waals surface area contributed by atoms with E-state index < -0.39 is 23.2 Å². The standard InChI is InChI=1S/C30H41FN2O4/c1-19(2)26(34)25(20-9-5-4-6-10-20)32-27(35)23-13-7-12-22(24(23)31)21-11-8-14-33(15-21)28(36)30-16-29(3,17-30)37-18-30/h7,12-13,19-21,25H,4-6,8-11,14-18H2,1-3H3,(H,32,35). The van der Waals surface area contributed by atoms with Crippen molar-refractivity contribution in [2.24, 2.45) is 17.3 Å². The van der Waals surface area contributed by atoms with Gasteiger partial charge in [0, 0.05) is 24.9 Å². The van der Waals surface area contributed by atoms with Crippen LogP contribution in [-0.4, -0.2) is 53.8 Å². The Morgan fingerprint density at radius 3 is 2.46 bits per heavy atom. The van der Waals surface area contributed by atoms with Crippen LogP contribution in [0.15, 0.2) is 18.2 Å². The lowest BCUT2D eigenvalue weighted by atomic mass is 9.62. The predicted octanol–water partition coefficient (Wildman–Crippen LogP) is 5.00. The maximum Gasteiger partial charge on any atom is 0.254 e. The zero-order chi connectivity index (χ0) is 26.4. The summed E-state index contributed by atoms with van der Waals surface area (Å²) in [6.45, 7) is 7.37. The van der Waals surface area contributed by atoms with Gasteiger partial charge in [-0.05, 0) is 63.0 Å². The lowest BCUT2D eigenvalue weighted by Gasteiger charge is -2.45. The Hall–Kier alpha value is -2.28. The van der Waals surface area contributed by atoms with E-state index in [1.807, 2.05) is 18.7 Å². The number of benzene rings is 1. The minimum atomic E-state index is -0.584. The number of ether oxygens (including phenoxy) is 1. The minimum absolute atomic E-state index is 0.0145. The van der Waals surface area contributed by atoms with E-state index in [2.05, 4.69) is 12.2 Å². The maximum atomic E-state index is 15.9. The summed E-state index contributed by atoms with van der Waals surface area (Å²) in [6.07, 6.45) is 8.16. The van der Waals surface area contributed by atoms with Crippen LogP contribution in [0.3, 0.4) is 0 Å². The number of Topliss-reactive ketones (excluding diaryl/α,β-unsaturated/α-hetero) is 1. The van der Waals surface area contributed by atoms with Crippen LogP contribution in [-0.2, 0) is 14.3 Å². The first-order valence-corrected chi connectivity index (χ1v) is 14.2. The monoisotopic (exact) mass is 512 g/mol. The van der Waals surface area contributed by atoms with E-state index in [0.717, 1.165) is 57.8 Å². The predicted molar refractivity (Wildman–Crippen MR) is 139 cm³/mol. The average Bonchev–Trinajstić information content (AvgIpc) is 3.41. The van der Waals surface area contributed by atoms with Crippen molar-refractivity contribution in [2.75, 3.05) is 19.7 Å². The van der Waals surface area contributed by atoms with Crippen molar-refractivity contribution in [3.8, 4) is 0 Å². The van der Waals surface area contributed by atoms with Crippen LogP contribution < -0.4 is 5.32 Å². The highest BCUT2D eigenvalue weighted by Crippen LogP contribution is 2.58. The molecule has 1 aromatic carbocycles. The Bertz CT molecular complexity index is 1060. The van der Waals surface area contributed by atoms with Gasteiger partial charge in [0.25, 0.3) is 5.91 Å². The summed E-state index contributed by atoms with van der Waals surface area (Å²) in [5, 5.41) is 2.93. The van der Waals surface area contributed by atoms with Crippen LogP contribution in [0.1, 0.15) is 100 Å². The fourth-order valence-corrected chi connectivity index (χ4v) is 7.37. The lowest BCUT2D eigenvalue weighted by Crippen LogP contribution is -2.54. The number of halogens is 1. The van der Waals surface area contributed by atoms with Crippen LogP contribution in [0.25, 0.3) is 0 Å². The highest BCUT2D eigenvalue weighted by atomic mass is 19.1. The largest absolute Gasteiger partial charge is 0.374 e. The number of likely N-dealkylation sites (tertiary alicyclic amines) is 1. The Morgan fingerprint density at radius 2 is 1.81 bits per heavy atom. The second kappa shape index (κ2) is 10.1. The fourth-order valence-electron chi connectivity index (χ4n) is 7.37. The average molecular weight is 513 g/mol. The molecular formula is C30H41FN2O4. The first kappa shape index (κ1) is 26.3. The Labute approximate surface area is 219 Å². The van der Waals surface area contributed by atoms with Gasteiger partial charge >= 0.3 is 0 Å². The molecule has 6 rings (SSSR count). The van der Waals surface area contributed by atoms with Crippen molar-refractivity contribution in [3.63, 3.8) is 0 Å². The summed E-state index contributed by atoms with van der Waals surface area (Å²) >= 11 is 0. The van der Waals surface area contributed by atoms with Gasteiger partial charge in [-0.1, -0.05) is 45.2 Å². The first-order valence-electron chi connectivity index (χ1n) is 14.2. The third-order valence-electron chi connectivity index (χ3n) is 9.28. The van der Waals surface area contributed by atoms with Crippen LogP contribution in [0.5, 0.6) is 0 Å². The molecule has 6 nitrogen and oxygen atoms in total. The van der Waals surface area contributed by atoms with Crippen LogP contribution in [0, 0.1) is 23.1 Å². The minimum Gasteiger partial charge on any atom is -0.374 e. The van der Waals surface area contributed by atoms with Gasteiger partial charge in [-0.25, -0.2) is 4.39 Å². The molecule has 3 heterocycles. The fraction of sp³-hybridized carbons (Fsp3) is 0.700. The molecule has 37 heavy (non-hydrogen) atoms. The quantitative estimate of drug-likeness (QED) is 0.558. The molecule has 2 atom stereocenters. The van der Waals surface area contributed by atoms with E-state index in [4.69, 9.17) is 4.74 Å². The molecular weight excluding hydrogens is 471 g/mol. The summed E-state index contributed by atoms with van der Waals surface area (Å²) in [6, 6.07) is 4.37. The molecule has 3 aliphatic heterocycles. The zero-order valence-electron chi connectivity index (χ0n) is 22.5. The molecule has 5 fully saturated rings. The van der Waals surface area contributed by atoms with Crippen molar-refractivity contribution >= 4 is 17.6 Å². The number of fused-ring (bicyclic) bond motifs is 1. The van der Waals surface area contributed by atoms with Gasteiger partial charge in [-0.3, -0.25) is 14.4 Å². The number of amides is 2.